The van der Waals surface area contributed by atoms with Crippen LogP contribution in [0.15, 0.2) is 24.3 Å². The third kappa shape index (κ3) is 8.37. The van der Waals surface area contributed by atoms with E-state index in [0.717, 1.165) is 0 Å². The van der Waals surface area contributed by atoms with Crippen LogP contribution >= 0.6 is 12.6 Å². The van der Waals surface area contributed by atoms with E-state index < -0.39 is 35.3 Å². The lowest BCUT2D eigenvalue weighted by atomic mass is 9.97. The molecule has 3 amide bonds. The van der Waals surface area contributed by atoms with Gasteiger partial charge in [-0.25, -0.2) is 9.18 Å². The first-order chi connectivity index (χ1) is 14.7. The fraction of sp³-hybridized carbons (Fsp3) is 0.571. The molecule has 1 saturated heterocycles. The number of aliphatic hydroxyl groups excluding tert-OH is 1. The van der Waals surface area contributed by atoms with Crippen LogP contribution in [0.1, 0.15) is 38.7 Å². The van der Waals surface area contributed by atoms with Crippen LogP contribution in [0.25, 0.3) is 0 Å². The lowest BCUT2D eigenvalue weighted by Crippen LogP contribution is -2.52. The van der Waals surface area contributed by atoms with Crippen molar-refractivity contribution in [3.8, 4) is 0 Å². The molecule has 0 unspecified atom stereocenters. The van der Waals surface area contributed by atoms with E-state index in [4.69, 9.17) is 4.74 Å². The summed E-state index contributed by atoms with van der Waals surface area (Å²) < 4.78 is 18.4. The highest BCUT2D eigenvalue weighted by atomic mass is 32.1. The van der Waals surface area contributed by atoms with Crippen molar-refractivity contribution in [1.29, 1.82) is 0 Å². The van der Waals surface area contributed by atoms with E-state index in [-0.39, 0.29) is 30.8 Å². The third-order valence-corrected chi connectivity index (χ3v) is 5.32. The average Bonchev–Trinajstić information content (AvgIpc) is 3.09. The Morgan fingerprint density at radius 2 is 2.10 bits per heavy atom. The van der Waals surface area contributed by atoms with Gasteiger partial charge in [0.05, 0.1) is 6.04 Å². The fourth-order valence-corrected chi connectivity index (χ4v) is 3.57. The van der Waals surface area contributed by atoms with Gasteiger partial charge in [0, 0.05) is 12.5 Å². The van der Waals surface area contributed by atoms with Gasteiger partial charge in [-0.2, -0.15) is 0 Å². The molecule has 0 bridgehead atoms. The van der Waals surface area contributed by atoms with Crippen LogP contribution in [0.4, 0.5) is 9.18 Å². The SMILES string of the molecule is CC(C)C[C@H](NC(=O)OCc1cccc(F)c1)C(=O)N[C@@H](C[C@@H]1CCNC1=O)[C@@H](O)S. The number of hydrogen-bond acceptors (Lipinski definition) is 6. The van der Waals surface area contributed by atoms with Gasteiger partial charge in [0.2, 0.25) is 11.8 Å². The highest BCUT2D eigenvalue weighted by Gasteiger charge is 2.32. The summed E-state index contributed by atoms with van der Waals surface area (Å²) in [6.45, 7) is 4.21. The summed E-state index contributed by atoms with van der Waals surface area (Å²) >= 11 is 4.03. The summed E-state index contributed by atoms with van der Waals surface area (Å²) in [4.78, 5) is 36.9. The third-order valence-electron chi connectivity index (χ3n) is 4.96. The van der Waals surface area contributed by atoms with Crippen molar-refractivity contribution in [2.45, 2.75) is 57.2 Å². The molecule has 1 aromatic carbocycles. The maximum absolute atomic E-state index is 13.2. The molecular formula is C21H30FN3O5S. The molecule has 1 heterocycles. The number of alkyl carbamates (subject to hydrolysis) is 1. The second-order valence-electron chi connectivity index (χ2n) is 8.07. The minimum absolute atomic E-state index is 0.0826. The predicted octanol–water partition coefficient (Wildman–Crippen LogP) is 1.73. The van der Waals surface area contributed by atoms with Crippen LogP contribution in [0.3, 0.4) is 0 Å². The lowest BCUT2D eigenvalue weighted by molar-refractivity contribution is -0.126. The molecule has 2 rings (SSSR count). The van der Waals surface area contributed by atoms with Crippen LogP contribution in [-0.4, -0.2) is 47.1 Å². The second-order valence-corrected chi connectivity index (χ2v) is 8.60. The minimum Gasteiger partial charge on any atom is -0.445 e. The average molecular weight is 456 g/mol. The summed E-state index contributed by atoms with van der Waals surface area (Å²) in [5.74, 6) is -1.30. The first-order valence-electron chi connectivity index (χ1n) is 10.3. The molecule has 4 atom stereocenters. The van der Waals surface area contributed by atoms with Gasteiger partial charge in [0.1, 0.15) is 23.9 Å². The van der Waals surface area contributed by atoms with Crippen LogP contribution in [-0.2, 0) is 20.9 Å². The van der Waals surface area contributed by atoms with E-state index in [1.165, 1.54) is 18.2 Å². The summed E-state index contributed by atoms with van der Waals surface area (Å²) in [5.41, 5.74) is -0.690. The number of thiol groups is 1. The Labute approximate surface area is 186 Å². The number of benzene rings is 1. The Morgan fingerprint density at radius 3 is 2.68 bits per heavy atom. The first-order valence-corrected chi connectivity index (χ1v) is 10.8. The molecule has 1 aliphatic heterocycles. The van der Waals surface area contributed by atoms with Crippen molar-refractivity contribution in [2.75, 3.05) is 6.54 Å². The second kappa shape index (κ2) is 11.9. The zero-order valence-electron chi connectivity index (χ0n) is 17.6. The maximum Gasteiger partial charge on any atom is 0.408 e. The zero-order valence-corrected chi connectivity index (χ0v) is 18.5. The molecule has 0 radical (unpaired) electrons. The molecule has 0 spiro atoms. The van der Waals surface area contributed by atoms with E-state index in [1.54, 1.807) is 6.07 Å². The largest absolute Gasteiger partial charge is 0.445 e. The normalized spacial score (nSPS) is 18.8. The molecule has 0 saturated carbocycles. The Bertz CT molecular complexity index is 777. The number of carbonyl (C=O) groups is 3. The van der Waals surface area contributed by atoms with Crippen LogP contribution in [0.2, 0.25) is 0 Å². The Morgan fingerprint density at radius 1 is 1.35 bits per heavy atom. The predicted molar refractivity (Wildman–Crippen MR) is 116 cm³/mol. The van der Waals surface area contributed by atoms with Gasteiger partial charge in [0.25, 0.3) is 0 Å². The number of amides is 3. The molecule has 1 fully saturated rings. The van der Waals surface area contributed by atoms with Crippen molar-refractivity contribution in [3.63, 3.8) is 0 Å². The lowest BCUT2D eigenvalue weighted by Gasteiger charge is -2.26. The van der Waals surface area contributed by atoms with Crippen molar-refractivity contribution in [1.82, 2.24) is 16.0 Å². The Hall–Kier alpha value is -2.33. The summed E-state index contributed by atoms with van der Waals surface area (Å²) in [5, 5.41) is 17.9. The fourth-order valence-electron chi connectivity index (χ4n) is 3.38. The summed E-state index contributed by atoms with van der Waals surface area (Å²) in [7, 11) is 0. The maximum atomic E-state index is 13.2. The number of ether oxygens (including phenoxy) is 1. The highest BCUT2D eigenvalue weighted by molar-refractivity contribution is 7.80. The molecule has 0 aliphatic carbocycles. The number of aliphatic hydroxyl groups is 1. The first kappa shape index (κ1) is 24.9. The van der Waals surface area contributed by atoms with E-state index in [0.29, 0.717) is 24.9 Å². The Kier molecular flexibility index (Phi) is 9.57. The van der Waals surface area contributed by atoms with E-state index in [9.17, 15) is 23.9 Å². The molecule has 0 aromatic heterocycles. The van der Waals surface area contributed by atoms with Crippen molar-refractivity contribution >= 4 is 30.5 Å². The summed E-state index contributed by atoms with van der Waals surface area (Å²) in [6.07, 6.45) is 0.371. The van der Waals surface area contributed by atoms with Gasteiger partial charge in [-0.05, 0) is 42.9 Å². The molecule has 4 N–H and O–H groups in total. The minimum atomic E-state index is -1.17. The Balaban J connectivity index is 1.96. The van der Waals surface area contributed by atoms with Crippen molar-refractivity contribution < 1.29 is 28.6 Å². The van der Waals surface area contributed by atoms with Crippen LogP contribution < -0.4 is 16.0 Å². The van der Waals surface area contributed by atoms with E-state index in [1.807, 2.05) is 13.8 Å². The zero-order chi connectivity index (χ0) is 23.0. The van der Waals surface area contributed by atoms with Gasteiger partial charge in [-0.1, -0.05) is 26.0 Å². The molecule has 1 aromatic rings. The van der Waals surface area contributed by atoms with E-state index >= 15 is 0 Å². The highest BCUT2D eigenvalue weighted by Crippen LogP contribution is 2.19. The number of hydrogen-bond donors (Lipinski definition) is 5. The molecule has 31 heavy (non-hydrogen) atoms. The molecule has 172 valence electrons. The van der Waals surface area contributed by atoms with Crippen molar-refractivity contribution in [3.05, 3.63) is 35.6 Å². The number of halogens is 1. The van der Waals surface area contributed by atoms with Gasteiger partial charge in [-0.15, -0.1) is 12.6 Å². The van der Waals surface area contributed by atoms with Crippen LogP contribution in [0, 0.1) is 17.7 Å². The van der Waals surface area contributed by atoms with Gasteiger partial charge >= 0.3 is 6.09 Å². The smallest absolute Gasteiger partial charge is 0.408 e. The number of carbonyl (C=O) groups excluding carboxylic acids is 3. The van der Waals surface area contributed by atoms with Crippen molar-refractivity contribution in [2.24, 2.45) is 11.8 Å². The summed E-state index contributed by atoms with van der Waals surface area (Å²) in [6, 6.07) is 4.00. The van der Waals surface area contributed by atoms with Crippen LogP contribution in [0.5, 0.6) is 0 Å². The molecule has 8 nitrogen and oxygen atoms in total. The molecular weight excluding hydrogens is 425 g/mol. The number of nitrogens with one attached hydrogen (secondary N) is 3. The monoisotopic (exact) mass is 455 g/mol. The van der Waals surface area contributed by atoms with Gasteiger partial charge < -0.3 is 25.8 Å². The topological polar surface area (TPSA) is 117 Å². The molecule has 10 heteroatoms. The van der Waals surface area contributed by atoms with Gasteiger partial charge in [0.15, 0.2) is 0 Å². The standard InChI is InChI=1S/C21H30FN3O5S/c1-12(2)8-16(25-21(29)30-11-13-4-3-5-15(22)9-13)19(27)24-17(20(28)31)10-14-6-7-23-18(14)26/h3-5,9,12,14,16-17,20,28,31H,6-8,10-11H2,1-2H3,(H,23,26)(H,24,27)(H,25,29)/t14-,16-,17-,20-/m0/s1. The quantitative estimate of drug-likeness (QED) is 0.272. The number of rotatable bonds is 10. The molecule has 1 aliphatic rings. The van der Waals surface area contributed by atoms with Gasteiger partial charge in [-0.3, -0.25) is 9.59 Å². The van der Waals surface area contributed by atoms with E-state index in [2.05, 4.69) is 28.6 Å².